The van der Waals surface area contributed by atoms with E-state index in [1.54, 1.807) is 0 Å². The van der Waals surface area contributed by atoms with Crippen LogP contribution in [0.15, 0.2) is 24.3 Å². The van der Waals surface area contributed by atoms with Gasteiger partial charge in [0.25, 0.3) is 0 Å². The maximum atomic E-state index is 12.0. The summed E-state index contributed by atoms with van der Waals surface area (Å²) in [4.78, 5) is 13.9. The van der Waals surface area contributed by atoms with Crippen molar-refractivity contribution in [2.45, 2.75) is 12.8 Å². The van der Waals surface area contributed by atoms with Crippen molar-refractivity contribution < 1.29 is 4.79 Å². The first-order valence-corrected chi connectivity index (χ1v) is 7.12. The van der Waals surface area contributed by atoms with E-state index in [1.165, 1.54) is 0 Å². The van der Waals surface area contributed by atoms with E-state index in [1.807, 2.05) is 40.9 Å². The third kappa shape index (κ3) is 4.10. The molecular weight excluding hydrogens is 268 g/mol. The molecule has 0 bridgehead atoms. The molecule has 0 aromatic heterocycles. The topological polar surface area (TPSA) is 46.3 Å². The number of rotatable bonds is 3. The van der Waals surface area contributed by atoms with Crippen LogP contribution in [-0.2, 0) is 11.2 Å². The Kier molecular flexibility index (Phi) is 6.36. The number of nitrogens with two attached hydrogens (primary N) is 1. The van der Waals surface area contributed by atoms with E-state index in [9.17, 15) is 4.79 Å². The normalized spacial score (nSPS) is 15.0. The quantitative estimate of drug-likeness (QED) is 0.867. The Bertz CT molecular complexity index is 394. The summed E-state index contributed by atoms with van der Waals surface area (Å²) in [6, 6.07) is 7.77. The molecule has 1 aliphatic rings. The van der Waals surface area contributed by atoms with Gasteiger partial charge >= 0.3 is 0 Å². The Hall–Kier alpha value is -0.870. The van der Waals surface area contributed by atoms with Gasteiger partial charge in [-0.3, -0.25) is 4.79 Å². The van der Waals surface area contributed by atoms with Crippen LogP contribution >= 0.6 is 24.2 Å². The minimum Gasteiger partial charge on any atom is -0.399 e. The number of para-hydroxylation sites is 1. The van der Waals surface area contributed by atoms with Crippen molar-refractivity contribution in [3.05, 3.63) is 29.8 Å². The number of thioether (sulfide) groups is 1. The molecule has 3 nitrogen and oxygen atoms in total. The highest BCUT2D eigenvalue weighted by Gasteiger charge is 2.16. The Morgan fingerprint density at radius 1 is 1.28 bits per heavy atom. The second-order valence-electron chi connectivity index (χ2n) is 4.19. The molecule has 0 atom stereocenters. The lowest BCUT2D eigenvalue weighted by molar-refractivity contribution is -0.130. The Morgan fingerprint density at radius 3 is 2.61 bits per heavy atom. The van der Waals surface area contributed by atoms with Crippen LogP contribution in [0, 0.1) is 0 Å². The highest BCUT2D eigenvalue weighted by atomic mass is 35.5. The van der Waals surface area contributed by atoms with Gasteiger partial charge in [-0.25, -0.2) is 0 Å². The summed E-state index contributed by atoms with van der Waals surface area (Å²) in [5, 5.41) is 0. The molecule has 1 saturated heterocycles. The Labute approximate surface area is 119 Å². The SMILES string of the molecule is Cl.Nc1ccccc1CCC(=O)N1CCSCC1. The van der Waals surface area contributed by atoms with E-state index >= 15 is 0 Å². The maximum absolute atomic E-state index is 12.0. The van der Waals surface area contributed by atoms with Gasteiger partial charge in [0.2, 0.25) is 5.91 Å². The number of nitrogen functional groups attached to an aromatic ring is 1. The molecule has 0 saturated carbocycles. The lowest BCUT2D eigenvalue weighted by Crippen LogP contribution is -2.38. The summed E-state index contributed by atoms with van der Waals surface area (Å²) in [6.45, 7) is 1.79. The molecule has 1 aromatic rings. The van der Waals surface area contributed by atoms with Crippen LogP contribution in [0.3, 0.4) is 0 Å². The second kappa shape index (κ2) is 7.54. The molecule has 0 radical (unpaired) electrons. The van der Waals surface area contributed by atoms with Crippen LogP contribution in [0.4, 0.5) is 5.69 Å². The molecule has 1 aliphatic heterocycles. The Balaban J connectivity index is 0.00000162. The maximum Gasteiger partial charge on any atom is 0.222 e. The fourth-order valence-electron chi connectivity index (χ4n) is 1.97. The predicted octanol–water partition coefficient (Wildman–Crippen LogP) is 2.20. The average Bonchev–Trinajstić information content (AvgIpc) is 2.38. The van der Waals surface area contributed by atoms with Gasteiger partial charge in [0.1, 0.15) is 0 Å². The van der Waals surface area contributed by atoms with Crippen LogP contribution in [0.2, 0.25) is 0 Å². The molecule has 1 fully saturated rings. The van der Waals surface area contributed by atoms with E-state index in [4.69, 9.17) is 5.73 Å². The van der Waals surface area contributed by atoms with Crippen LogP contribution in [0.5, 0.6) is 0 Å². The molecule has 2 N–H and O–H groups in total. The fraction of sp³-hybridized carbons (Fsp3) is 0.462. The number of nitrogens with zero attached hydrogens (tertiary/aromatic N) is 1. The molecule has 0 unspecified atom stereocenters. The van der Waals surface area contributed by atoms with Crippen molar-refractivity contribution in [2.24, 2.45) is 0 Å². The molecule has 18 heavy (non-hydrogen) atoms. The predicted molar refractivity (Wildman–Crippen MR) is 80.3 cm³/mol. The van der Waals surface area contributed by atoms with Gasteiger partial charge < -0.3 is 10.6 Å². The summed E-state index contributed by atoms with van der Waals surface area (Å²) < 4.78 is 0. The molecule has 0 aliphatic carbocycles. The number of benzene rings is 1. The fourth-order valence-corrected chi connectivity index (χ4v) is 2.88. The molecule has 0 spiro atoms. The summed E-state index contributed by atoms with van der Waals surface area (Å²) in [6.07, 6.45) is 1.31. The van der Waals surface area contributed by atoms with Gasteiger partial charge in [-0.05, 0) is 18.1 Å². The van der Waals surface area contributed by atoms with Crippen molar-refractivity contribution in [2.75, 3.05) is 30.3 Å². The van der Waals surface area contributed by atoms with Crippen LogP contribution in [0.25, 0.3) is 0 Å². The summed E-state index contributed by atoms with van der Waals surface area (Å²) in [5.74, 6) is 2.40. The molecule has 5 heteroatoms. The van der Waals surface area contributed by atoms with Crippen LogP contribution in [0.1, 0.15) is 12.0 Å². The third-order valence-electron chi connectivity index (χ3n) is 3.03. The molecule has 100 valence electrons. The van der Waals surface area contributed by atoms with Crippen molar-refractivity contribution >= 4 is 35.8 Å². The zero-order valence-electron chi connectivity index (χ0n) is 10.3. The van der Waals surface area contributed by atoms with E-state index < -0.39 is 0 Å². The van der Waals surface area contributed by atoms with Crippen molar-refractivity contribution in [3.8, 4) is 0 Å². The van der Waals surface area contributed by atoms with E-state index in [-0.39, 0.29) is 18.3 Å². The van der Waals surface area contributed by atoms with Gasteiger partial charge in [0.05, 0.1) is 0 Å². The van der Waals surface area contributed by atoms with Gasteiger partial charge in [-0.2, -0.15) is 11.8 Å². The smallest absolute Gasteiger partial charge is 0.222 e. The molecule has 1 aromatic carbocycles. The first-order chi connectivity index (χ1) is 8.27. The monoisotopic (exact) mass is 286 g/mol. The van der Waals surface area contributed by atoms with Crippen molar-refractivity contribution in [1.82, 2.24) is 4.90 Å². The van der Waals surface area contributed by atoms with Crippen molar-refractivity contribution in [1.29, 1.82) is 0 Å². The number of hydrogen-bond donors (Lipinski definition) is 1. The van der Waals surface area contributed by atoms with Gasteiger partial charge in [-0.15, -0.1) is 12.4 Å². The Morgan fingerprint density at radius 2 is 1.94 bits per heavy atom. The summed E-state index contributed by atoms with van der Waals surface area (Å²) in [5.41, 5.74) is 7.72. The van der Waals surface area contributed by atoms with E-state index in [0.29, 0.717) is 6.42 Å². The largest absolute Gasteiger partial charge is 0.399 e. The van der Waals surface area contributed by atoms with Crippen LogP contribution in [-0.4, -0.2) is 35.4 Å². The van der Waals surface area contributed by atoms with E-state index in [0.717, 1.165) is 42.3 Å². The summed E-state index contributed by atoms with van der Waals surface area (Å²) in [7, 11) is 0. The zero-order chi connectivity index (χ0) is 12.1. The summed E-state index contributed by atoms with van der Waals surface area (Å²) >= 11 is 1.92. The molecule has 1 heterocycles. The lowest BCUT2D eigenvalue weighted by Gasteiger charge is -2.26. The number of halogens is 1. The number of hydrogen-bond acceptors (Lipinski definition) is 3. The minimum atomic E-state index is 0. The molecule has 2 rings (SSSR count). The lowest BCUT2D eigenvalue weighted by atomic mass is 10.1. The number of aryl methyl sites for hydroxylation is 1. The van der Waals surface area contributed by atoms with Gasteiger partial charge in [0.15, 0.2) is 0 Å². The molecular formula is C13H19ClN2OS. The van der Waals surface area contributed by atoms with Crippen molar-refractivity contribution in [3.63, 3.8) is 0 Å². The van der Waals surface area contributed by atoms with Crippen LogP contribution < -0.4 is 5.73 Å². The highest BCUT2D eigenvalue weighted by molar-refractivity contribution is 7.99. The van der Waals surface area contributed by atoms with Gasteiger partial charge in [0, 0.05) is 36.7 Å². The number of amides is 1. The second-order valence-corrected chi connectivity index (χ2v) is 5.42. The van der Waals surface area contributed by atoms with Gasteiger partial charge in [-0.1, -0.05) is 18.2 Å². The standard InChI is InChI=1S/C13H18N2OS.ClH/c14-12-4-2-1-3-11(12)5-6-13(16)15-7-9-17-10-8-15;/h1-4H,5-10,14H2;1H. The first-order valence-electron chi connectivity index (χ1n) is 5.96. The highest BCUT2D eigenvalue weighted by Crippen LogP contribution is 2.15. The zero-order valence-corrected chi connectivity index (χ0v) is 11.9. The minimum absolute atomic E-state index is 0. The molecule has 1 amide bonds. The number of anilines is 1. The number of carbonyl (C=O) groups is 1. The third-order valence-corrected chi connectivity index (χ3v) is 3.97. The average molecular weight is 287 g/mol. The number of carbonyl (C=O) groups excluding carboxylic acids is 1. The van der Waals surface area contributed by atoms with E-state index in [2.05, 4.69) is 0 Å². The first kappa shape index (κ1) is 15.2.